The summed E-state index contributed by atoms with van der Waals surface area (Å²) in [6.07, 6.45) is 7.58. The monoisotopic (exact) mass is 283 g/mol. The Hall–Kier alpha value is -2.10. The van der Waals surface area contributed by atoms with E-state index in [1.54, 1.807) is 13.4 Å². The first-order chi connectivity index (χ1) is 10.4. The molecule has 0 saturated heterocycles. The Balaban J connectivity index is 1.76. The Morgan fingerprint density at radius 2 is 2.05 bits per heavy atom. The fourth-order valence-electron chi connectivity index (χ4n) is 2.82. The van der Waals surface area contributed by atoms with Crippen molar-refractivity contribution in [2.45, 2.75) is 38.6 Å². The Bertz CT molecular complexity index is 613. The predicted octanol–water partition coefficient (Wildman–Crippen LogP) is 3.37. The average Bonchev–Trinajstić information content (AvgIpc) is 2.79. The van der Waals surface area contributed by atoms with Crippen LogP contribution in [-0.4, -0.2) is 17.1 Å². The van der Waals surface area contributed by atoms with Crippen LogP contribution < -0.4 is 10.1 Å². The third kappa shape index (κ3) is 3.32. The van der Waals surface area contributed by atoms with Crippen LogP contribution in [0.5, 0.6) is 5.75 Å². The van der Waals surface area contributed by atoms with Crippen LogP contribution in [0.15, 0.2) is 30.6 Å². The quantitative estimate of drug-likeness (QED) is 0.874. The van der Waals surface area contributed by atoms with E-state index < -0.39 is 0 Å². The zero-order valence-electron chi connectivity index (χ0n) is 12.4. The molecule has 0 radical (unpaired) electrons. The summed E-state index contributed by atoms with van der Waals surface area (Å²) in [4.78, 5) is 8.89. The summed E-state index contributed by atoms with van der Waals surface area (Å²) in [6.45, 7) is 0.751. The molecular formula is C17H21N3O. The third-order valence-corrected chi connectivity index (χ3v) is 3.97. The molecule has 0 bridgehead atoms. The zero-order valence-corrected chi connectivity index (χ0v) is 12.4. The van der Waals surface area contributed by atoms with E-state index >= 15 is 0 Å². The molecular weight excluding hydrogens is 262 g/mol. The number of benzene rings is 1. The molecule has 0 unspecified atom stereocenters. The fourth-order valence-corrected chi connectivity index (χ4v) is 2.82. The summed E-state index contributed by atoms with van der Waals surface area (Å²) in [5.41, 5.74) is 3.71. The van der Waals surface area contributed by atoms with Crippen molar-refractivity contribution in [2.75, 3.05) is 12.4 Å². The first-order valence-corrected chi connectivity index (χ1v) is 7.56. The van der Waals surface area contributed by atoms with Crippen LogP contribution in [0, 0.1) is 0 Å². The molecule has 3 rings (SSSR count). The largest absolute Gasteiger partial charge is 0.497 e. The average molecular weight is 283 g/mol. The molecule has 0 aliphatic heterocycles. The highest BCUT2D eigenvalue weighted by molar-refractivity contribution is 5.47. The lowest BCUT2D eigenvalue weighted by Crippen LogP contribution is -2.08. The van der Waals surface area contributed by atoms with Gasteiger partial charge in [0.05, 0.1) is 7.11 Å². The van der Waals surface area contributed by atoms with Gasteiger partial charge < -0.3 is 10.1 Å². The minimum atomic E-state index is 0.751. The summed E-state index contributed by atoms with van der Waals surface area (Å²) in [5.74, 6) is 1.88. The lowest BCUT2D eigenvalue weighted by molar-refractivity contribution is 0.414. The van der Waals surface area contributed by atoms with E-state index in [-0.39, 0.29) is 0 Å². The van der Waals surface area contributed by atoms with Gasteiger partial charge in [-0.25, -0.2) is 9.97 Å². The van der Waals surface area contributed by atoms with Gasteiger partial charge in [0.2, 0.25) is 0 Å². The van der Waals surface area contributed by atoms with E-state index in [1.165, 1.54) is 36.1 Å². The minimum Gasteiger partial charge on any atom is -0.497 e. The van der Waals surface area contributed by atoms with Crippen molar-refractivity contribution in [2.24, 2.45) is 0 Å². The number of anilines is 1. The molecule has 1 aliphatic carbocycles. The van der Waals surface area contributed by atoms with Gasteiger partial charge in [-0.1, -0.05) is 18.6 Å². The Kier molecular flexibility index (Phi) is 4.34. The Morgan fingerprint density at radius 1 is 1.14 bits per heavy atom. The van der Waals surface area contributed by atoms with Crippen LogP contribution in [-0.2, 0) is 19.4 Å². The van der Waals surface area contributed by atoms with E-state index in [0.29, 0.717) is 0 Å². The van der Waals surface area contributed by atoms with Gasteiger partial charge in [0.1, 0.15) is 17.9 Å². The molecule has 1 N–H and O–H groups in total. The van der Waals surface area contributed by atoms with E-state index in [4.69, 9.17) is 4.74 Å². The topological polar surface area (TPSA) is 47.0 Å². The molecule has 0 amide bonds. The van der Waals surface area contributed by atoms with Crippen LogP contribution in [0.3, 0.4) is 0 Å². The molecule has 2 aromatic rings. The van der Waals surface area contributed by atoms with Gasteiger partial charge in [-0.05, 0) is 43.4 Å². The van der Waals surface area contributed by atoms with Crippen molar-refractivity contribution in [3.63, 3.8) is 0 Å². The molecule has 1 heterocycles. The summed E-state index contributed by atoms with van der Waals surface area (Å²) < 4.78 is 5.26. The maximum Gasteiger partial charge on any atom is 0.133 e. The van der Waals surface area contributed by atoms with Gasteiger partial charge in [0.15, 0.2) is 0 Å². The van der Waals surface area contributed by atoms with E-state index in [2.05, 4.69) is 21.4 Å². The Labute approximate surface area is 125 Å². The van der Waals surface area contributed by atoms with E-state index in [0.717, 1.165) is 31.0 Å². The number of hydrogen-bond acceptors (Lipinski definition) is 4. The van der Waals surface area contributed by atoms with Crippen molar-refractivity contribution in [3.8, 4) is 5.75 Å². The van der Waals surface area contributed by atoms with Gasteiger partial charge in [-0.3, -0.25) is 0 Å². The number of ether oxygens (including phenoxy) is 1. The molecule has 21 heavy (non-hydrogen) atoms. The highest BCUT2D eigenvalue weighted by Gasteiger charge is 2.14. The number of methoxy groups -OCH3 is 1. The van der Waals surface area contributed by atoms with Crippen LogP contribution in [0.2, 0.25) is 0 Å². The lowest BCUT2D eigenvalue weighted by atomic mass is 10.1. The number of aryl methyl sites for hydroxylation is 1. The second-order valence-corrected chi connectivity index (χ2v) is 5.41. The highest BCUT2D eigenvalue weighted by atomic mass is 16.5. The van der Waals surface area contributed by atoms with Crippen molar-refractivity contribution >= 4 is 5.82 Å². The van der Waals surface area contributed by atoms with Crippen LogP contribution in [0.4, 0.5) is 5.82 Å². The number of hydrogen-bond donors (Lipinski definition) is 1. The van der Waals surface area contributed by atoms with Crippen molar-refractivity contribution in [1.29, 1.82) is 0 Å². The van der Waals surface area contributed by atoms with E-state index in [1.807, 2.05) is 18.2 Å². The molecule has 4 nitrogen and oxygen atoms in total. The molecule has 0 atom stereocenters. The summed E-state index contributed by atoms with van der Waals surface area (Å²) in [6, 6.07) is 8.11. The molecule has 1 aromatic carbocycles. The van der Waals surface area contributed by atoms with Gasteiger partial charge >= 0.3 is 0 Å². The van der Waals surface area contributed by atoms with Crippen molar-refractivity contribution < 1.29 is 4.74 Å². The standard InChI is InChI=1S/C17H21N3O/c1-21-14-7-5-6-13(10-14)11-18-17-15-8-3-2-4-9-16(15)19-12-20-17/h5-7,10,12H,2-4,8-9,11H2,1H3,(H,18,19,20). The van der Waals surface area contributed by atoms with Gasteiger partial charge in [0, 0.05) is 17.8 Å². The minimum absolute atomic E-state index is 0.751. The van der Waals surface area contributed by atoms with Crippen molar-refractivity contribution in [3.05, 3.63) is 47.4 Å². The second kappa shape index (κ2) is 6.57. The van der Waals surface area contributed by atoms with Crippen LogP contribution in [0.25, 0.3) is 0 Å². The summed E-state index contributed by atoms with van der Waals surface area (Å²) in [5, 5.41) is 3.46. The number of nitrogens with zero attached hydrogens (tertiary/aromatic N) is 2. The molecule has 4 heteroatoms. The molecule has 0 spiro atoms. The molecule has 0 saturated carbocycles. The number of aromatic nitrogens is 2. The van der Waals surface area contributed by atoms with E-state index in [9.17, 15) is 0 Å². The number of rotatable bonds is 4. The lowest BCUT2D eigenvalue weighted by Gasteiger charge is -2.12. The fraction of sp³-hybridized carbons (Fsp3) is 0.412. The summed E-state index contributed by atoms with van der Waals surface area (Å²) in [7, 11) is 1.69. The Morgan fingerprint density at radius 3 is 2.95 bits per heavy atom. The van der Waals surface area contributed by atoms with Gasteiger partial charge in [0.25, 0.3) is 0 Å². The molecule has 1 aliphatic rings. The van der Waals surface area contributed by atoms with Gasteiger partial charge in [-0.2, -0.15) is 0 Å². The SMILES string of the molecule is COc1cccc(CNc2ncnc3c2CCCCC3)c1. The second-order valence-electron chi connectivity index (χ2n) is 5.41. The van der Waals surface area contributed by atoms with Crippen molar-refractivity contribution in [1.82, 2.24) is 9.97 Å². The molecule has 110 valence electrons. The highest BCUT2D eigenvalue weighted by Crippen LogP contribution is 2.24. The maximum absolute atomic E-state index is 5.26. The molecule has 1 aromatic heterocycles. The third-order valence-electron chi connectivity index (χ3n) is 3.97. The molecule has 0 fully saturated rings. The zero-order chi connectivity index (χ0) is 14.5. The maximum atomic E-state index is 5.26. The first-order valence-electron chi connectivity index (χ1n) is 7.56. The smallest absolute Gasteiger partial charge is 0.133 e. The predicted molar refractivity (Wildman–Crippen MR) is 83.6 cm³/mol. The van der Waals surface area contributed by atoms with Crippen LogP contribution in [0.1, 0.15) is 36.1 Å². The number of nitrogens with one attached hydrogen (secondary N) is 1. The van der Waals surface area contributed by atoms with Gasteiger partial charge in [-0.15, -0.1) is 0 Å². The first kappa shape index (κ1) is 13.9. The van der Waals surface area contributed by atoms with Crippen LogP contribution >= 0.6 is 0 Å². The summed E-state index contributed by atoms with van der Waals surface area (Å²) >= 11 is 0. The number of fused-ring (bicyclic) bond motifs is 1. The normalized spacial score (nSPS) is 14.1.